The van der Waals surface area contributed by atoms with Crippen LogP contribution < -0.4 is 10.1 Å². The molecular weight excluding hydrogens is 344 g/mol. The van der Waals surface area contributed by atoms with Gasteiger partial charge in [0.1, 0.15) is 5.75 Å². The normalized spacial score (nSPS) is 19.6. The van der Waals surface area contributed by atoms with Crippen molar-refractivity contribution in [2.45, 2.75) is 50.7 Å². The van der Waals surface area contributed by atoms with Gasteiger partial charge in [-0.05, 0) is 78.3 Å². The Labute approximate surface area is 149 Å². The molecule has 1 amide bonds. The van der Waals surface area contributed by atoms with E-state index in [1.165, 1.54) is 16.9 Å². The Morgan fingerprint density at radius 2 is 2.04 bits per heavy atom. The van der Waals surface area contributed by atoms with E-state index in [0.717, 1.165) is 48.1 Å². The number of rotatable bonds is 5. The number of hydrogen-bond acceptors (Lipinski definition) is 3. The van der Waals surface area contributed by atoms with Crippen LogP contribution in [0.25, 0.3) is 0 Å². The van der Waals surface area contributed by atoms with Gasteiger partial charge in [0.15, 0.2) is 0 Å². The zero-order valence-electron chi connectivity index (χ0n) is 13.6. The van der Waals surface area contributed by atoms with E-state index < -0.39 is 6.61 Å². The fourth-order valence-electron chi connectivity index (χ4n) is 3.56. The maximum absolute atomic E-state index is 12.7. The molecule has 6 heteroatoms. The molecular formula is C19H19F2NO2S. The number of nitrogens with one attached hydrogen (secondary N) is 1. The maximum Gasteiger partial charge on any atom is 0.387 e. The summed E-state index contributed by atoms with van der Waals surface area (Å²) in [7, 11) is 0. The molecule has 1 saturated carbocycles. The SMILES string of the molecule is O=C(N[C@H]1CCCc2cc(OC(F)F)ccc21)c1sccc1C1CC1. The zero-order chi connectivity index (χ0) is 17.4. The molecule has 25 heavy (non-hydrogen) atoms. The second-order valence-corrected chi connectivity index (χ2v) is 7.55. The molecule has 2 aliphatic rings. The summed E-state index contributed by atoms with van der Waals surface area (Å²) in [5.41, 5.74) is 3.15. The molecule has 1 aromatic carbocycles. The van der Waals surface area contributed by atoms with Gasteiger partial charge in [0.25, 0.3) is 5.91 Å². The van der Waals surface area contributed by atoms with E-state index in [0.29, 0.717) is 5.92 Å². The number of halogens is 2. The molecule has 0 aliphatic heterocycles. The summed E-state index contributed by atoms with van der Waals surface area (Å²) in [5, 5.41) is 5.12. The number of hydrogen-bond donors (Lipinski definition) is 1. The van der Waals surface area contributed by atoms with Gasteiger partial charge < -0.3 is 10.1 Å². The van der Waals surface area contributed by atoms with Gasteiger partial charge >= 0.3 is 6.61 Å². The van der Waals surface area contributed by atoms with Crippen LogP contribution in [-0.2, 0) is 6.42 Å². The Hall–Kier alpha value is -1.95. The standard InChI is InChI=1S/C19H19F2NO2S/c20-19(21)24-13-6-7-14-12(10-13)2-1-3-16(14)22-18(23)17-15(8-9-25-17)11-4-5-11/h6-11,16,19H,1-5H2,(H,22,23)/t16-/m0/s1. The molecule has 0 unspecified atom stereocenters. The van der Waals surface area contributed by atoms with Crippen LogP contribution in [0.4, 0.5) is 8.78 Å². The topological polar surface area (TPSA) is 38.3 Å². The molecule has 0 spiro atoms. The number of fused-ring (bicyclic) bond motifs is 1. The first-order valence-electron chi connectivity index (χ1n) is 8.57. The highest BCUT2D eigenvalue weighted by Crippen LogP contribution is 2.43. The van der Waals surface area contributed by atoms with E-state index >= 15 is 0 Å². The van der Waals surface area contributed by atoms with Crippen molar-refractivity contribution < 1.29 is 18.3 Å². The van der Waals surface area contributed by atoms with Gasteiger partial charge in [-0.1, -0.05) is 6.07 Å². The van der Waals surface area contributed by atoms with Crippen LogP contribution in [0.3, 0.4) is 0 Å². The number of amides is 1. The Morgan fingerprint density at radius 1 is 1.20 bits per heavy atom. The van der Waals surface area contributed by atoms with Gasteiger partial charge in [-0.15, -0.1) is 11.3 Å². The highest BCUT2D eigenvalue weighted by molar-refractivity contribution is 7.12. The van der Waals surface area contributed by atoms with Crippen molar-refractivity contribution in [1.29, 1.82) is 0 Å². The van der Waals surface area contributed by atoms with Gasteiger partial charge in [-0.2, -0.15) is 8.78 Å². The van der Waals surface area contributed by atoms with Crippen LogP contribution in [0.15, 0.2) is 29.6 Å². The lowest BCUT2D eigenvalue weighted by molar-refractivity contribution is -0.0499. The first kappa shape index (κ1) is 16.5. The summed E-state index contributed by atoms with van der Waals surface area (Å²) in [6.07, 6.45) is 4.91. The van der Waals surface area contributed by atoms with Gasteiger partial charge in [-0.3, -0.25) is 4.79 Å². The van der Waals surface area contributed by atoms with Crippen molar-refractivity contribution in [2.75, 3.05) is 0 Å². The first-order valence-corrected chi connectivity index (χ1v) is 9.45. The van der Waals surface area contributed by atoms with E-state index in [9.17, 15) is 13.6 Å². The third-order valence-electron chi connectivity index (χ3n) is 4.88. The maximum atomic E-state index is 12.7. The number of alkyl halides is 2. The van der Waals surface area contributed by atoms with E-state index in [2.05, 4.69) is 16.1 Å². The molecule has 2 aliphatic carbocycles. The lowest BCUT2D eigenvalue weighted by Crippen LogP contribution is -2.31. The fourth-order valence-corrected chi connectivity index (χ4v) is 4.45. The Balaban J connectivity index is 1.52. The summed E-state index contributed by atoms with van der Waals surface area (Å²) in [6, 6.07) is 7.00. The van der Waals surface area contributed by atoms with Crippen LogP contribution in [0.2, 0.25) is 0 Å². The number of thiophene rings is 1. The molecule has 1 fully saturated rings. The first-order chi connectivity index (χ1) is 12.1. The third kappa shape index (κ3) is 3.54. The van der Waals surface area contributed by atoms with Crippen LogP contribution in [0.1, 0.15) is 64.0 Å². The largest absolute Gasteiger partial charge is 0.435 e. The molecule has 132 valence electrons. The predicted octanol–water partition coefficient (Wildman–Crippen LogP) is 5.03. The molecule has 0 saturated heterocycles. The second-order valence-electron chi connectivity index (χ2n) is 6.64. The Bertz CT molecular complexity index is 785. The van der Waals surface area contributed by atoms with Crippen LogP contribution in [0.5, 0.6) is 5.75 Å². The summed E-state index contributed by atoms with van der Waals surface area (Å²) in [6.45, 7) is -2.82. The minimum Gasteiger partial charge on any atom is -0.435 e. The quantitative estimate of drug-likeness (QED) is 0.809. The Morgan fingerprint density at radius 3 is 2.80 bits per heavy atom. The predicted molar refractivity (Wildman–Crippen MR) is 92.5 cm³/mol. The smallest absolute Gasteiger partial charge is 0.387 e. The van der Waals surface area contributed by atoms with Crippen molar-refractivity contribution >= 4 is 17.2 Å². The molecule has 1 N–H and O–H groups in total. The van der Waals surface area contributed by atoms with Gasteiger partial charge in [-0.25, -0.2) is 0 Å². The van der Waals surface area contributed by atoms with Crippen molar-refractivity contribution in [3.63, 3.8) is 0 Å². The van der Waals surface area contributed by atoms with Gasteiger partial charge in [0.05, 0.1) is 10.9 Å². The summed E-state index contributed by atoms with van der Waals surface area (Å²) in [5.74, 6) is 0.692. The Kier molecular flexibility index (Phi) is 4.46. The minimum absolute atomic E-state index is 0.0253. The van der Waals surface area contributed by atoms with Crippen molar-refractivity contribution in [3.8, 4) is 5.75 Å². The molecule has 1 aromatic heterocycles. The van der Waals surface area contributed by atoms with Crippen molar-refractivity contribution in [3.05, 3.63) is 51.2 Å². The highest BCUT2D eigenvalue weighted by Gasteiger charge is 2.30. The molecule has 1 atom stereocenters. The van der Waals surface area contributed by atoms with E-state index in [1.54, 1.807) is 18.2 Å². The molecule has 4 rings (SSSR count). The summed E-state index contributed by atoms with van der Waals surface area (Å²) >= 11 is 1.49. The monoisotopic (exact) mass is 363 g/mol. The van der Waals surface area contributed by atoms with Crippen LogP contribution >= 0.6 is 11.3 Å². The number of carbonyl (C=O) groups excluding carboxylic acids is 1. The van der Waals surface area contributed by atoms with E-state index in [4.69, 9.17) is 0 Å². The van der Waals surface area contributed by atoms with Crippen molar-refractivity contribution in [2.24, 2.45) is 0 Å². The molecule has 1 heterocycles. The third-order valence-corrected chi connectivity index (χ3v) is 5.81. The number of ether oxygens (including phenoxy) is 1. The molecule has 0 bridgehead atoms. The van der Waals surface area contributed by atoms with E-state index in [1.807, 2.05) is 5.38 Å². The van der Waals surface area contributed by atoms with Crippen LogP contribution in [-0.4, -0.2) is 12.5 Å². The summed E-state index contributed by atoms with van der Waals surface area (Å²) < 4.78 is 29.3. The molecule has 3 nitrogen and oxygen atoms in total. The number of benzene rings is 1. The minimum atomic E-state index is -2.82. The lowest BCUT2D eigenvalue weighted by Gasteiger charge is -2.27. The highest BCUT2D eigenvalue weighted by atomic mass is 32.1. The number of carbonyl (C=O) groups is 1. The van der Waals surface area contributed by atoms with E-state index in [-0.39, 0.29) is 17.7 Å². The molecule has 0 radical (unpaired) electrons. The second kappa shape index (κ2) is 6.75. The molecule has 2 aromatic rings. The lowest BCUT2D eigenvalue weighted by atomic mass is 9.87. The zero-order valence-corrected chi connectivity index (χ0v) is 14.5. The number of aryl methyl sites for hydroxylation is 1. The average Bonchev–Trinajstić information content (AvgIpc) is 3.31. The summed E-state index contributed by atoms with van der Waals surface area (Å²) in [4.78, 5) is 13.5. The van der Waals surface area contributed by atoms with Crippen molar-refractivity contribution in [1.82, 2.24) is 5.32 Å². The van der Waals surface area contributed by atoms with Crippen LogP contribution in [0, 0.1) is 0 Å². The average molecular weight is 363 g/mol. The van der Waals surface area contributed by atoms with Gasteiger partial charge in [0.2, 0.25) is 0 Å². The van der Waals surface area contributed by atoms with Gasteiger partial charge in [0, 0.05) is 0 Å². The fraction of sp³-hybridized carbons (Fsp3) is 0.421.